The van der Waals surface area contributed by atoms with Gasteiger partial charge in [-0.05, 0) is 74.2 Å². The van der Waals surface area contributed by atoms with E-state index in [0.717, 1.165) is 17.7 Å². The normalized spacial score (nSPS) is 12.8. The molecule has 35 heavy (non-hydrogen) atoms. The minimum absolute atomic E-state index is 0.105. The van der Waals surface area contributed by atoms with Crippen LogP contribution < -0.4 is 14.8 Å². The van der Waals surface area contributed by atoms with Crippen molar-refractivity contribution in [1.82, 2.24) is 5.32 Å². The zero-order chi connectivity index (χ0) is 25.5. The number of β-amino-alcohol motifs (C(OH)–C–C–N with tert-alkyl or cyclic N) is 1. The third-order valence-electron chi connectivity index (χ3n) is 5.62. The number of nitrogens with one attached hydrogen (secondary N) is 1. The third-order valence-corrected chi connectivity index (χ3v) is 6.88. The summed E-state index contributed by atoms with van der Waals surface area (Å²) in [5.41, 5.74) is 2.68. The highest BCUT2D eigenvalue weighted by Gasteiger charge is 2.20. The maximum Gasteiger partial charge on any atom is 0.175 e. The van der Waals surface area contributed by atoms with Gasteiger partial charge in [-0.3, -0.25) is 0 Å². The second kappa shape index (κ2) is 11.7. The molecule has 0 aromatic heterocycles. The van der Waals surface area contributed by atoms with Gasteiger partial charge in [-0.15, -0.1) is 0 Å². The van der Waals surface area contributed by atoms with E-state index < -0.39 is 15.9 Å². The highest BCUT2D eigenvalue weighted by atomic mass is 32.2. The van der Waals surface area contributed by atoms with E-state index in [9.17, 15) is 13.5 Å². The SMILES string of the molecule is Cc1cc(OCC(O)CNC(C)(C)Cc2ccc(OCc3ccccc3)cc2)ccc1S(C)(=O)=O. The highest BCUT2D eigenvalue weighted by Crippen LogP contribution is 2.22. The summed E-state index contributed by atoms with van der Waals surface area (Å²) in [5, 5.41) is 13.8. The molecule has 0 bridgehead atoms. The Kier molecular flexibility index (Phi) is 8.94. The predicted octanol–water partition coefficient (Wildman–Crippen LogP) is 4.33. The zero-order valence-corrected chi connectivity index (χ0v) is 21.6. The molecule has 0 heterocycles. The van der Waals surface area contributed by atoms with Gasteiger partial charge < -0.3 is 19.9 Å². The molecule has 6 nitrogen and oxygen atoms in total. The highest BCUT2D eigenvalue weighted by molar-refractivity contribution is 7.90. The Hall–Kier alpha value is -2.87. The molecule has 0 fully saturated rings. The average molecular weight is 498 g/mol. The van der Waals surface area contributed by atoms with Gasteiger partial charge in [0, 0.05) is 18.3 Å². The molecule has 188 valence electrons. The lowest BCUT2D eigenvalue weighted by Crippen LogP contribution is -2.46. The van der Waals surface area contributed by atoms with Crippen molar-refractivity contribution in [2.24, 2.45) is 0 Å². The molecule has 0 amide bonds. The number of aliphatic hydroxyl groups is 1. The summed E-state index contributed by atoms with van der Waals surface area (Å²) in [7, 11) is -3.27. The number of rotatable bonds is 12. The number of hydrogen-bond acceptors (Lipinski definition) is 6. The van der Waals surface area contributed by atoms with Gasteiger partial charge in [0.2, 0.25) is 0 Å². The molecule has 0 saturated heterocycles. The molecule has 3 aromatic rings. The van der Waals surface area contributed by atoms with E-state index in [4.69, 9.17) is 9.47 Å². The summed E-state index contributed by atoms with van der Waals surface area (Å²) in [4.78, 5) is 0.282. The molecule has 0 saturated carbocycles. The Morgan fingerprint density at radius 1 is 0.914 bits per heavy atom. The number of sulfone groups is 1. The van der Waals surface area contributed by atoms with Crippen molar-refractivity contribution in [3.05, 3.63) is 89.5 Å². The van der Waals surface area contributed by atoms with Gasteiger partial charge in [0.25, 0.3) is 0 Å². The van der Waals surface area contributed by atoms with Crippen LogP contribution in [-0.2, 0) is 22.9 Å². The predicted molar refractivity (Wildman–Crippen MR) is 139 cm³/mol. The monoisotopic (exact) mass is 497 g/mol. The minimum Gasteiger partial charge on any atom is -0.491 e. The van der Waals surface area contributed by atoms with Gasteiger partial charge in [0.15, 0.2) is 9.84 Å². The lowest BCUT2D eigenvalue weighted by molar-refractivity contribution is 0.0988. The Morgan fingerprint density at radius 3 is 2.20 bits per heavy atom. The molecule has 3 aromatic carbocycles. The van der Waals surface area contributed by atoms with E-state index >= 15 is 0 Å². The van der Waals surface area contributed by atoms with Gasteiger partial charge in [0.1, 0.15) is 30.8 Å². The van der Waals surface area contributed by atoms with Crippen molar-refractivity contribution >= 4 is 9.84 Å². The maximum absolute atomic E-state index is 11.7. The van der Waals surface area contributed by atoms with Gasteiger partial charge in [0.05, 0.1) is 4.90 Å². The van der Waals surface area contributed by atoms with Crippen molar-refractivity contribution in [1.29, 1.82) is 0 Å². The largest absolute Gasteiger partial charge is 0.491 e. The fraction of sp³-hybridized carbons (Fsp3) is 0.357. The summed E-state index contributed by atoms with van der Waals surface area (Å²) >= 11 is 0. The summed E-state index contributed by atoms with van der Waals surface area (Å²) in [5.74, 6) is 1.36. The summed E-state index contributed by atoms with van der Waals surface area (Å²) in [6.07, 6.45) is 1.25. The van der Waals surface area contributed by atoms with Crippen LogP contribution in [0.15, 0.2) is 77.7 Å². The van der Waals surface area contributed by atoms with Crippen LogP contribution in [0.25, 0.3) is 0 Å². The Balaban J connectivity index is 1.44. The zero-order valence-electron chi connectivity index (χ0n) is 20.8. The van der Waals surface area contributed by atoms with Gasteiger partial charge >= 0.3 is 0 Å². The Bertz CT molecular complexity index is 1190. The molecule has 0 spiro atoms. The molecule has 0 aliphatic carbocycles. The summed E-state index contributed by atoms with van der Waals surface area (Å²) in [6, 6.07) is 23.0. The molecular formula is C28H35NO5S. The molecule has 0 radical (unpaired) electrons. The van der Waals surface area contributed by atoms with E-state index in [2.05, 4.69) is 31.3 Å². The van der Waals surface area contributed by atoms with Crippen molar-refractivity contribution in [3.8, 4) is 11.5 Å². The third kappa shape index (κ3) is 8.69. The topological polar surface area (TPSA) is 84.9 Å². The quantitative estimate of drug-likeness (QED) is 0.388. The van der Waals surface area contributed by atoms with E-state index in [1.54, 1.807) is 19.1 Å². The fourth-order valence-corrected chi connectivity index (χ4v) is 4.75. The van der Waals surface area contributed by atoms with E-state index in [-0.39, 0.29) is 17.0 Å². The van der Waals surface area contributed by atoms with E-state index in [1.165, 1.54) is 17.9 Å². The van der Waals surface area contributed by atoms with Gasteiger partial charge in [-0.1, -0.05) is 42.5 Å². The smallest absolute Gasteiger partial charge is 0.175 e. The van der Waals surface area contributed by atoms with Crippen LogP contribution >= 0.6 is 0 Å². The Morgan fingerprint density at radius 2 is 1.57 bits per heavy atom. The van der Waals surface area contributed by atoms with Crippen LogP contribution in [0.2, 0.25) is 0 Å². The molecule has 0 aliphatic heterocycles. The van der Waals surface area contributed by atoms with Crippen molar-refractivity contribution in [2.45, 2.75) is 50.3 Å². The molecule has 1 unspecified atom stereocenters. The molecular weight excluding hydrogens is 462 g/mol. The van der Waals surface area contributed by atoms with Crippen LogP contribution in [0.4, 0.5) is 0 Å². The van der Waals surface area contributed by atoms with Crippen LogP contribution in [0, 0.1) is 6.92 Å². The second-order valence-corrected chi connectivity index (χ2v) is 11.5. The van der Waals surface area contributed by atoms with Crippen molar-refractivity contribution in [2.75, 3.05) is 19.4 Å². The first-order valence-electron chi connectivity index (χ1n) is 11.6. The number of aryl methyl sites for hydroxylation is 1. The second-order valence-electron chi connectivity index (χ2n) is 9.52. The minimum atomic E-state index is -3.27. The molecule has 3 rings (SSSR count). The maximum atomic E-state index is 11.7. The standard InChI is InChI=1S/C28H35NO5S/c1-21-16-26(14-15-27(21)35(4,31)32)34-20-24(30)18-29-28(2,3)17-22-10-12-25(13-11-22)33-19-23-8-6-5-7-9-23/h5-16,24,29-30H,17-20H2,1-4H3. The van der Waals surface area contributed by atoms with Crippen LogP contribution in [-0.4, -0.2) is 44.6 Å². The molecule has 0 aliphatic rings. The molecule has 2 N–H and O–H groups in total. The lowest BCUT2D eigenvalue weighted by Gasteiger charge is -2.28. The van der Waals surface area contributed by atoms with E-state index in [1.807, 2.05) is 42.5 Å². The van der Waals surface area contributed by atoms with E-state index in [0.29, 0.717) is 24.5 Å². The number of aliphatic hydroxyl groups excluding tert-OH is 1. The number of hydrogen-bond donors (Lipinski definition) is 2. The van der Waals surface area contributed by atoms with Crippen molar-refractivity contribution in [3.63, 3.8) is 0 Å². The first-order chi connectivity index (χ1) is 16.5. The lowest BCUT2D eigenvalue weighted by atomic mass is 9.94. The van der Waals surface area contributed by atoms with Gasteiger partial charge in [-0.25, -0.2) is 8.42 Å². The van der Waals surface area contributed by atoms with Gasteiger partial charge in [-0.2, -0.15) is 0 Å². The molecule has 1 atom stereocenters. The van der Waals surface area contributed by atoms with Crippen LogP contribution in [0.3, 0.4) is 0 Å². The summed E-state index contributed by atoms with van der Waals surface area (Å²) < 4.78 is 35.0. The van der Waals surface area contributed by atoms with Crippen molar-refractivity contribution < 1.29 is 23.0 Å². The molecule has 7 heteroatoms. The average Bonchev–Trinajstić information content (AvgIpc) is 2.81. The summed E-state index contributed by atoms with van der Waals surface area (Å²) in [6.45, 7) is 6.92. The first-order valence-corrected chi connectivity index (χ1v) is 13.5. The first kappa shape index (κ1) is 26.7. The van der Waals surface area contributed by atoms with Crippen LogP contribution in [0.5, 0.6) is 11.5 Å². The Labute approximate surface area is 208 Å². The number of ether oxygens (including phenoxy) is 2. The fourth-order valence-electron chi connectivity index (χ4n) is 3.79. The van der Waals surface area contributed by atoms with Crippen LogP contribution in [0.1, 0.15) is 30.5 Å². The number of benzene rings is 3.